The fourth-order valence-electron chi connectivity index (χ4n) is 5.88. The van der Waals surface area contributed by atoms with Crippen LogP contribution in [0.25, 0.3) is 0 Å². The lowest BCUT2D eigenvalue weighted by molar-refractivity contribution is -0.0285. The third-order valence-electron chi connectivity index (χ3n) is 7.48. The molecule has 24 heavy (non-hydrogen) atoms. The number of fused-ring (bicyclic) bond motifs is 1. The van der Waals surface area contributed by atoms with Crippen LogP contribution < -0.4 is 4.74 Å². The van der Waals surface area contributed by atoms with E-state index in [0.717, 1.165) is 23.6 Å². The average Bonchev–Trinajstić information content (AvgIpc) is 3.42. The van der Waals surface area contributed by atoms with Gasteiger partial charge in [-0.1, -0.05) is 6.07 Å². The Bertz CT molecular complexity index is 641. The quantitative estimate of drug-likeness (QED) is 0.849. The highest BCUT2D eigenvalue weighted by molar-refractivity contribution is 5.45. The molecule has 2 saturated heterocycles. The van der Waals surface area contributed by atoms with Crippen molar-refractivity contribution in [3.05, 3.63) is 29.3 Å². The Balaban J connectivity index is 1.53. The van der Waals surface area contributed by atoms with Crippen molar-refractivity contribution in [3.8, 4) is 5.75 Å². The number of ether oxygens (including phenoxy) is 1. The van der Waals surface area contributed by atoms with Crippen molar-refractivity contribution in [2.24, 2.45) is 11.8 Å². The normalized spacial score (nSPS) is 36.1. The summed E-state index contributed by atoms with van der Waals surface area (Å²) in [5, 5.41) is 0. The first-order valence-corrected chi connectivity index (χ1v) is 9.79. The van der Waals surface area contributed by atoms with Crippen LogP contribution in [0.1, 0.15) is 36.8 Å². The van der Waals surface area contributed by atoms with Gasteiger partial charge in [0.1, 0.15) is 5.75 Å². The van der Waals surface area contributed by atoms with E-state index < -0.39 is 0 Å². The molecule has 130 valence electrons. The first kappa shape index (κ1) is 15.2. The van der Waals surface area contributed by atoms with Crippen molar-refractivity contribution in [2.75, 3.05) is 40.3 Å². The Kier molecular flexibility index (Phi) is 3.47. The van der Waals surface area contributed by atoms with Gasteiger partial charge in [0, 0.05) is 24.5 Å². The van der Waals surface area contributed by atoms with E-state index in [1.54, 1.807) is 18.2 Å². The molecule has 3 nitrogen and oxygen atoms in total. The van der Waals surface area contributed by atoms with E-state index in [0.29, 0.717) is 5.41 Å². The lowest BCUT2D eigenvalue weighted by atomic mass is 9.54. The van der Waals surface area contributed by atoms with Crippen LogP contribution in [0, 0.1) is 11.8 Å². The minimum Gasteiger partial charge on any atom is -0.497 e. The van der Waals surface area contributed by atoms with Crippen LogP contribution in [-0.2, 0) is 11.8 Å². The molecule has 4 aliphatic rings. The van der Waals surface area contributed by atoms with Crippen LogP contribution in [0.5, 0.6) is 5.75 Å². The predicted octanol–water partition coefficient (Wildman–Crippen LogP) is 2.93. The van der Waals surface area contributed by atoms with E-state index in [4.69, 9.17) is 4.74 Å². The molecule has 1 saturated carbocycles. The number of benzene rings is 1. The van der Waals surface area contributed by atoms with Crippen molar-refractivity contribution in [1.29, 1.82) is 0 Å². The van der Waals surface area contributed by atoms with E-state index >= 15 is 0 Å². The molecule has 0 aromatic heterocycles. The fourth-order valence-corrected chi connectivity index (χ4v) is 5.88. The van der Waals surface area contributed by atoms with Gasteiger partial charge in [-0.15, -0.1) is 0 Å². The van der Waals surface area contributed by atoms with Gasteiger partial charge < -0.3 is 14.5 Å². The summed E-state index contributed by atoms with van der Waals surface area (Å²) in [7, 11) is 4.15. The van der Waals surface area contributed by atoms with Crippen LogP contribution in [-0.4, -0.2) is 56.2 Å². The van der Waals surface area contributed by atoms with Gasteiger partial charge in [0.2, 0.25) is 0 Å². The lowest BCUT2D eigenvalue weighted by Crippen LogP contribution is -2.64. The molecule has 2 aliphatic carbocycles. The highest BCUT2D eigenvalue weighted by Crippen LogP contribution is 2.53. The molecular weight excluding hydrogens is 296 g/mol. The molecule has 1 aromatic rings. The Labute approximate surface area is 146 Å². The van der Waals surface area contributed by atoms with Crippen LogP contribution in [0.15, 0.2) is 18.2 Å². The Hall–Kier alpha value is -1.06. The molecule has 0 amide bonds. The summed E-state index contributed by atoms with van der Waals surface area (Å²) in [5.74, 6) is 2.84. The second kappa shape index (κ2) is 5.47. The third kappa shape index (κ3) is 2.24. The maximum Gasteiger partial charge on any atom is 0.119 e. The summed E-state index contributed by atoms with van der Waals surface area (Å²) in [6, 6.07) is 7.60. The number of likely N-dealkylation sites (tertiary alicyclic amines) is 2. The largest absolute Gasteiger partial charge is 0.497 e. The smallest absolute Gasteiger partial charge is 0.119 e. The standard InChI is InChI=1S/C21H30N2O/c1-22-9-7-21-8-10-23(13-15-3-4-15)14-19(21)20(22)11-16-5-6-17(24-2)12-18(16)21/h5-6,12,15,19-20H,3-4,7-11,13-14H2,1-2H3/t19-,20+,21+/m0/s1. The molecule has 3 heteroatoms. The van der Waals surface area contributed by atoms with E-state index in [2.05, 4.69) is 35.0 Å². The molecule has 2 heterocycles. The molecule has 3 fully saturated rings. The maximum atomic E-state index is 5.58. The summed E-state index contributed by atoms with van der Waals surface area (Å²) in [6.45, 7) is 5.21. The highest BCUT2D eigenvalue weighted by atomic mass is 16.5. The second-order valence-corrected chi connectivity index (χ2v) is 8.74. The Morgan fingerprint density at radius 3 is 2.83 bits per heavy atom. The number of rotatable bonds is 3. The van der Waals surface area contributed by atoms with Gasteiger partial charge in [0.15, 0.2) is 0 Å². The molecule has 3 atom stereocenters. The number of nitrogens with zero attached hydrogens (tertiary/aromatic N) is 2. The number of piperidine rings is 2. The van der Waals surface area contributed by atoms with Crippen molar-refractivity contribution < 1.29 is 4.74 Å². The molecule has 2 aliphatic heterocycles. The number of likely N-dealkylation sites (N-methyl/N-ethyl adjacent to an activating group) is 1. The molecule has 0 spiro atoms. The summed E-state index contributed by atoms with van der Waals surface area (Å²) >= 11 is 0. The zero-order valence-electron chi connectivity index (χ0n) is 15.1. The molecule has 0 unspecified atom stereocenters. The lowest BCUT2D eigenvalue weighted by Gasteiger charge is -2.60. The Morgan fingerprint density at radius 2 is 2.04 bits per heavy atom. The van der Waals surface area contributed by atoms with E-state index in [1.807, 2.05) is 0 Å². The van der Waals surface area contributed by atoms with Crippen molar-refractivity contribution >= 4 is 0 Å². The average molecular weight is 326 g/mol. The first-order valence-electron chi connectivity index (χ1n) is 9.79. The van der Waals surface area contributed by atoms with Crippen molar-refractivity contribution in [2.45, 2.75) is 43.6 Å². The number of hydrogen-bond donors (Lipinski definition) is 0. The summed E-state index contributed by atoms with van der Waals surface area (Å²) in [4.78, 5) is 5.44. The van der Waals surface area contributed by atoms with Crippen LogP contribution >= 0.6 is 0 Å². The van der Waals surface area contributed by atoms with Crippen LogP contribution in [0.3, 0.4) is 0 Å². The topological polar surface area (TPSA) is 15.7 Å². The maximum absolute atomic E-state index is 5.58. The van der Waals surface area contributed by atoms with E-state index in [1.165, 1.54) is 58.3 Å². The van der Waals surface area contributed by atoms with Gasteiger partial charge in [-0.3, -0.25) is 0 Å². The molecular formula is C21H30N2O. The monoisotopic (exact) mass is 326 g/mol. The summed E-state index contributed by atoms with van der Waals surface area (Å²) in [5.41, 5.74) is 3.61. The number of methoxy groups -OCH3 is 1. The van der Waals surface area contributed by atoms with Gasteiger partial charge in [0.25, 0.3) is 0 Å². The highest BCUT2D eigenvalue weighted by Gasteiger charge is 2.54. The number of hydrogen-bond acceptors (Lipinski definition) is 3. The van der Waals surface area contributed by atoms with Crippen molar-refractivity contribution in [3.63, 3.8) is 0 Å². The van der Waals surface area contributed by atoms with Crippen molar-refractivity contribution in [1.82, 2.24) is 9.80 Å². The molecule has 0 N–H and O–H groups in total. The Morgan fingerprint density at radius 1 is 1.21 bits per heavy atom. The van der Waals surface area contributed by atoms with E-state index in [9.17, 15) is 0 Å². The second-order valence-electron chi connectivity index (χ2n) is 8.74. The molecule has 0 radical (unpaired) electrons. The van der Waals surface area contributed by atoms with Gasteiger partial charge in [0.05, 0.1) is 7.11 Å². The summed E-state index contributed by atoms with van der Waals surface area (Å²) < 4.78 is 5.58. The van der Waals surface area contributed by atoms with Gasteiger partial charge in [-0.2, -0.15) is 0 Å². The van der Waals surface area contributed by atoms with Crippen LogP contribution in [0.2, 0.25) is 0 Å². The van der Waals surface area contributed by atoms with Gasteiger partial charge >= 0.3 is 0 Å². The zero-order chi connectivity index (χ0) is 16.3. The molecule has 5 rings (SSSR count). The molecule has 1 aromatic carbocycles. The third-order valence-corrected chi connectivity index (χ3v) is 7.48. The summed E-state index contributed by atoms with van der Waals surface area (Å²) in [6.07, 6.45) is 6.82. The van der Waals surface area contributed by atoms with Gasteiger partial charge in [-0.05, 0) is 87.3 Å². The fraction of sp³-hybridized carbons (Fsp3) is 0.714. The van der Waals surface area contributed by atoms with E-state index in [-0.39, 0.29) is 0 Å². The predicted molar refractivity (Wildman–Crippen MR) is 96.7 cm³/mol. The van der Waals surface area contributed by atoms with Crippen LogP contribution in [0.4, 0.5) is 0 Å². The zero-order valence-corrected chi connectivity index (χ0v) is 15.1. The molecule has 2 bridgehead atoms. The van der Waals surface area contributed by atoms with Gasteiger partial charge in [-0.25, -0.2) is 0 Å². The minimum absolute atomic E-state index is 0.402. The minimum atomic E-state index is 0.402. The first-order chi connectivity index (χ1) is 11.7. The SMILES string of the molecule is COc1ccc2c(c1)[C@@]13CCN(CC4CC4)C[C@H]1[C@@H](C2)N(C)CC3.